The predicted octanol–water partition coefficient (Wildman–Crippen LogP) is 4.58. The third-order valence-electron chi connectivity index (χ3n) is 6.09. The Hall–Kier alpha value is -3.47. The van der Waals surface area contributed by atoms with Crippen LogP contribution >= 0.6 is 0 Å². The van der Waals surface area contributed by atoms with Gasteiger partial charge in [0.25, 0.3) is 0 Å². The maximum Gasteiger partial charge on any atom is 0.228 e. The zero-order chi connectivity index (χ0) is 21.6. The van der Waals surface area contributed by atoms with Crippen LogP contribution < -0.4 is 10.2 Å². The second-order valence-corrected chi connectivity index (χ2v) is 9.15. The van der Waals surface area contributed by atoms with Crippen molar-refractivity contribution in [2.24, 2.45) is 5.41 Å². The van der Waals surface area contributed by atoms with Gasteiger partial charge in [0, 0.05) is 24.3 Å². The molecule has 5 rings (SSSR count). The van der Waals surface area contributed by atoms with Crippen LogP contribution in [-0.2, 0) is 11.3 Å². The molecule has 2 aromatic carbocycles. The van der Waals surface area contributed by atoms with Gasteiger partial charge in [-0.05, 0) is 16.5 Å². The lowest BCUT2D eigenvalue weighted by atomic mass is 9.70. The van der Waals surface area contributed by atoms with E-state index in [1.54, 1.807) is 6.33 Å². The summed E-state index contributed by atoms with van der Waals surface area (Å²) < 4.78 is 8.01. The standard InChI is InChI=1S/C26H25N3O2/c1-26(2)13-19(30)22-20(14-26)31-25-23(21(22)18-11-7-4-8-12-18)24(27)29(16-28-25)15-17-9-5-3-6-10-17/h3-12,16,21,27H,13-15H2,1-2H3/t21-/m0/s1. The number of carbonyl (C=O) groups is 1. The molecule has 1 aliphatic carbocycles. The average Bonchev–Trinajstić information content (AvgIpc) is 2.75. The molecule has 0 radical (unpaired) electrons. The largest absolute Gasteiger partial charge is 0.442 e. The third kappa shape index (κ3) is 3.50. The number of nitrogens with zero attached hydrogens (tertiary/aromatic N) is 2. The highest BCUT2D eigenvalue weighted by atomic mass is 16.5. The van der Waals surface area contributed by atoms with Crippen molar-refractivity contribution >= 4 is 5.78 Å². The molecule has 1 atom stereocenters. The van der Waals surface area contributed by atoms with E-state index in [2.05, 4.69) is 18.8 Å². The third-order valence-corrected chi connectivity index (χ3v) is 6.09. The van der Waals surface area contributed by atoms with Crippen molar-refractivity contribution in [3.63, 3.8) is 0 Å². The summed E-state index contributed by atoms with van der Waals surface area (Å²) >= 11 is 0. The minimum Gasteiger partial charge on any atom is -0.442 e. The Bertz CT molecular complexity index is 1240. The summed E-state index contributed by atoms with van der Waals surface area (Å²) in [5.74, 6) is 0.901. The number of rotatable bonds is 3. The van der Waals surface area contributed by atoms with Gasteiger partial charge in [-0.1, -0.05) is 74.5 Å². The summed E-state index contributed by atoms with van der Waals surface area (Å²) in [6.45, 7) is 4.72. The van der Waals surface area contributed by atoms with Crippen molar-refractivity contribution < 1.29 is 9.53 Å². The van der Waals surface area contributed by atoms with Crippen LogP contribution in [-0.4, -0.2) is 15.3 Å². The first kappa shape index (κ1) is 19.5. The van der Waals surface area contributed by atoms with Crippen molar-refractivity contribution in [1.82, 2.24) is 9.55 Å². The van der Waals surface area contributed by atoms with E-state index < -0.39 is 0 Å². The topological polar surface area (TPSA) is 68.0 Å². The van der Waals surface area contributed by atoms with Gasteiger partial charge in [-0.3, -0.25) is 10.2 Å². The van der Waals surface area contributed by atoms with Crippen LogP contribution in [0.4, 0.5) is 0 Å². The van der Waals surface area contributed by atoms with Gasteiger partial charge >= 0.3 is 0 Å². The van der Waals surface area contributed by atoms with Gasteiger partial charge in [-0.15, -0.1) is 0 Å². The van der Waals surface area contributed by atoms with Crippen LogP contribution in [0, 0.1) is 10.8 Å². The number of benzene rings is 2. The van der Waals surface area contributed by atoms with Crippen LogP contribution in [0.5, 0.6) is 5.88 Å². The Kier molecular flexibility index (Phi) is 4.62. The van der Waals surface area contributed by atoms with Gasteiger partial charge in [0.05, 0.1) is 12.1 Å². The predicted molar refractivity (Wildman–Crippen MR) is 118 cm³/mol. The van der Waals surface area contributed by atoms with E-state index in [9.17, 15) is 4.79 Å². The first-order chi connectivity index (χ1) is 14.9. The normalized spacial score (nSPS) is 19.4. The Morgan fingerprint density at radius 2 is 1.74 bits per heavy atom. The molecule has 31 heavy (non-hydrogen) atoms. The van der Waals surface area contributed by atoms with E-state index in [1.807, 2.05) is 65.2 Å². The molecule has 1 aromatic heterocycles. The van der Waals surface area contributed by atoms with Gasteiger partial charge in [-0.2, -0.15) is 0 Å². The Morgan fingerprint density at radius 1 is 1.06 bits per heavy atom. The zero-order valence-electron chi connectivity index (χ0n) is 17.8. The fourth-order valence-electron chi connectivity index (χ4n) is 4.68. The number of allylic oxidation sites excluding steroid dienone is 2. The quantitative estimate of drug-likeness (QED) is 0.686. The number of nitrogens with one attached hydrogen (secondary N) is 1. The number of hydrogen-bond donors (Lipinski definition) is 1. The summed E-state index contributed by atoms with van der Waals surface area (Å²) in [6.07, 6.45) is 2.83. The fraction of sp³-hybridized carbons (Fsp3) is 0.269. The number of Topliss-reactive ketones (excluding diaryl/α,β-unsaturated/α-hetero) is 1. The Balaban J connectivity index is 1.69. The summed E-state index contributed by atoms with van der Waals surface area (Å²) in [4.78, 5) is 17.9. The molecule has 1 N–H and O–H groups in total. The van der Waals surface area contributed by atoms with Crippen molar-refractivity contribution in [3.8, 4) is 5.88 Å². The molecule has 5 heteroatoms. The van der Waals surface area contributed by atoms with Gasteiger partial charge < -0.3 is 9.30 Å². The van der Waals surface area contributed by atoms with E-state index in [0.29, 0.717) is 47.6 Å². The second-order valence-electron chi connectivity index (χ2n) is 9.15. The second kappa shape index (κ2) is 7.34. The van der Waals surface area contributed by atoms with Gasteiger partial charge in [0.2, 0.25) is 5.88 Å². The highest BCUT2D eigenvalue weighted by Gasteiger charge is 2.43. The van der Waals surface area contributed by atoms with Gasteiger partial charge in [0.1, 0.15) is 17.6 Å². The maximum atomic E-state index is 13.3. The van der Waals surface area contributed by atoms with Crippen molar-refractivity contribution in [2.45, 2.75) is 39.2 Å². The number of fused-ring (bicyclic) bond motifs is 1. The molecule has 0 saturated heterocycles. The van der Waals surface area contributed by atoms with Crippen LogP contribution in [0.25, 0.3) is 0 Å². The Labute approximate surface area is 181 Å². The fourth-order valence-corrected chi connectivity index (χ4v) is 4.68. The zero-order valence-corrected chi connectivity index (χ0v) is 17.8. The van der Waals surface area contributed by atoms with E-state index >= 15 is 0 Å². The SMILES string of the molecule is CC1(C)CC(=O)C2=C(C1)Oc1ncn(Cc3ccccc3)c(=N)c1[C@H]2c1ccccc1. The van der Waals surface area contributed by atoms with Gasteiger partial charge in [0.15, 0.2) is 5.78 Å². The number of hydrogen-bond acceptors (Lipinski definition) is 4. The highest BCUT2D eigenvalue weighted by molar-refractivity contribution is 6.00. The number of ether oxygens (including phenoxy) is 1. The molecule has 0 saturated carbocycles. The lowest BCUT2D eigenvalue weighted by Gasteiger charge is -2.37. The average molecular weight is 412 g/mol. The highest BCUT2D eigenvalue weighted by Crippen LogP contribution is 2.48. The number of carbonyl (C=O) groups excluding carboxylic acids is 1. The van der Waals surface area contributed by atoms with E-state index in [0.717, 1.165) is 11.1 Å². The molecule has 156 valence electrons. The summed E-state index contributed by atoms with van der Waals surface area (Å²) in [5.41, 5.74) is 3.60. The summed E-state index contributed by atoms with van der Waals surface area (Å²) in [7, 11) is 0. The summed E-state index contributed by atoms with van der Waals surface area (Å²) in [6, 6.07) is 20.0. The lowest BCUT2D eigenvalue weighted by molar-refractivity contribution is -0.118. The molecular weight excluding hydrogens is 386 g/mol. The van der Waals surface area contributed by atoms with Gasteiger partial charge in [-0.25, -0.2) is 4.98 Å². The van der Waals surface area contributed by atoms with E-state index in [-0.39, 0.29) is 17.1 Å². The minimum atomic E-state index is -0.341. The van der Waals surface area contributed by atoms with E-state index in [1.165, 1.54) is 0 Å². The molecular formula is C26H25N3O2. The molecule has 0 fully saturated rings. The van der Waals surface area contributed by atoms with Crippen LogP contribution in [0.2, 0.25) is 0 Å². The molecule has 2 aliphatic rings. The Morgan fingerprint density at radius 3 is 2.45 bits per heavy atom. The molecule has 1 aliphatic heterocycles. The van der Waals surface area contributed by atoms with Crippen LogP contribution in [0.15, 0.2) is 78.3 Å². The first-order valence-corrected chi connectivity index (χ1v) is 10.6. The molecule has 0 unspecified atom stereocenters. The number of ketones is 1. The van der Waals surface area contributed by atoms with Crippen LogP contribution in [0.1, 0.15) is 49.3 Å². The molecule has 5 nitrogen and oxygen atoms in total. The molecule has 0 spiro atoms. The maximum absolute atomic E-state index is 13.3. The van der Waals surface area contributed by atoms with Crippen molar-refractivity contribution in [1.29, 1.82) is 5.41 Å². The monoisotopic (exact) mass is 411 g/mol. The molecule has 0 amide bonds. The first-order valence-electron chi connectivity index (χ1n) is 10.6. The number of aromatic nitrogens is 2. The smallest absolute Gasteiger partial charge is 0.228 e. The van der Waals surface area contributed by atoms with Crippen molar-refractivity contribution in [2.75, 3.05) is 0 Å². The molecule has 3 aromatic rings. The van der Waals surface area contributed by atoms with E-state index in [4.69, 9.17) is 10.1 Å². The van der Waals surface area contributed by atoms with Crippen molar-refractivity contribution in [3.05, 3.63) is 101 Å². The van der Waals surface area contributed by atoms with Crippen LogP contribution in [0.3, 0.4) is 0 Å². The summed E-state index contributed by atoms with van der Waals surface area (Å²) in [5, 5.41) is 9.01. The molecule has 2 heterocycles. The lowest BCUT2D eigenvalue weighted by Crippen LogP contribution is -2.37. The minimum absolute atomic E-state index is 0.101. The molecule has 0 bridgehead atoms.